The molecule has 0 saturated carbocycles. The molecule has 1 aliphatic heterocycles. The molecule has 5 heteroatoms. The van der Waals surface area contributed by atoms with E-state index in [-0.39, 0.29) is 5.92 Å². The van der Waals surface area contributed by atoms with Gasteiger partial charge in [-0.3, -0.25) is 0 Å². The fraction of sp³-hybridized carbons (Fsp3) is 0.300. The predicted octanol–water partition coefficient (Wildman–Crippen LogP) is 3.74. The van der Waals surface area contributed by atoms with E-state index >= 15 is 0 Å². The minimum absolute atomic E-state index is 0.252. The van der Waals surface area contributed by atoms with Crippen molar-refractivity contribution >= 4 is 0 Å². The van der Waals surface area contributed by atoms with Crippen LogP contribution in [0.1, 0.15) is 35.2 Å². The number of aromatic nitrogens is 2. The molecule has 1 atom stereocenters. The molecule has 0 amide bonds. The Kier molecular flexibility index (Phi) is 4.74. The maximum atomic E-state index is 5.99. The van der Waals surface area contributed by atoms with Gasteiger partial charge in [0.05, 0.1) is 13.0 Å². The van der Waals surface area contributed by atoms with Crippen LogP contribution < -0.4 is 4.74 Å². The molecule has 0 radical (unpaired) electrons. The van der Waals surface area contributed by atoms with Crippen LogP contribution in [0, 0.1) is 0 Å². The Morgan fingerprint density at radius 2 is 1.88 bits per heavy atom. The highest BCUT2D eigenvalue weighted by molar-refractivity contribution is 5.35. The largest absolute Gasteiger partial charge is 0.489 e. The molecular weight excluding hydrogens is 316 g/mol. The Morgan fingerprint density at radius 1 is 1.04 bits per heavy atom. The van der Waals surface area contributed by atoms with E-state index in [9.17, 15) is 0 Å². The molecule has 128 valence electrons. The Bertz CT molecular complexity index is 811. The third-order valence-corrected chi connectivity index (χ3v) is 4.33. The zero-order valence-electron chi connectivity index (χ0n) is 13.9. The Morgan fingerprint density at radius 3 is 2.72 bits per heavy atom. The first-order valence-corrected chi connectivity index (χ1v) is 8.53. The monoisotopic (exact) mass is 336 g/mol. The minimum atomic E-state index is 0.252. The molecule has 5 nitrogen and oxygen atoms in total. The predicted molar refractivity (Wildman–Crippen MR) is 92.5 cm³/mol. The van der Waals surface area contributed by atoms with E-state index < -0.39 is 0 Å². The molecule has 3 aromatic rings. The third kappa shape index (κ3) is 3.88. The molecule has 0 spiro atoms. The van der Waals surface area contributed by atoms with E-state index in [0.29, 0.717) is 25.5 Å². The van der Waals surface area contributed by atoms with Crippen molar-refractivity contribution in [3.05, 3.63) is 77.4 Å². The third-order valence-electron chi connectivity index (χ3n) is 4.33. The number of ether oxygens (including phenoxy) is 2. The van der Waals surface area contributed by atoms with Gasteiger partial charge in [0.1, 0.15) is 12.4 Å². The van der Waals surface area contributed by atoms with Crippen LogP contribution in [-0.4, -0.2) is 23.4 Å². The van der Waals surface area contributed by atoms with Crippen LogP contribution >= 0.6 is 0 Å². The van der Waals surface area contributed by atoms with Crippen LogP contribution in [0.15, 0.2) is 59.1 Å². The van der Waals surface area contributed by atoms with Crippen molar-refractivity contribution < 1.29 is 14.0 Å². The average Bonchev–Trinajstić information content (AvgIpc) is 3.33. The minimum Gasteiger partial charge on any atom is -0.489 e. The van der Waals surface area contributed by atoms with Crippen molar-refractivity contribution in [3.63, 3.8) is 0 Å². The fourth-order valence-electron chi connectivity index (χ4n) is 2.93. The molecule has 0 unspecified atom stereocenters. The van der Waals surface area contributed by atoms with E-state index in [1.54, 1.807) is 0 Å². The number of para-hydroxylation sites is 1. The van der Waals surface area contributed by atoms with Crippen LogP contribution in [0.3, 0.4) is 0 Å². The van der Waals surface area contributed by atoms with E-state index in [2.05, 4.69) is 22.3 Å². The second-order valence-electron chi connectivity index (χ2n) is 6.17. The lowest BCUT2D eigenvalue weighted by molar-refractivity contribution is 0.192. The van der Waals surface area contributed by atoms with Crippen LogP contribution in [0.5, 0.6) is 5.75 Å². The van der Waals surface area contributed by atoms with E-state index in [1.807, 2.05) is 42.5 Å². The lowest BCUT2D eigenvalue weighted by atomic mass is 10.1. The van der Waals surface area contributed by atoms with Gasteiger partial charge in [0.25, 0.3) is 0 Å². The molecule has 1 fully saturated rings. The molecule has 1 aliphatic rings. The highest BCUT2D eigenvalue weighted by Gasteiger charge is 2.23. The van der Waals surface area contributed by atoms with Crippen molar-refractivity contribution in [2.45, 2.75) is 25.4 Å². The summed E-state index contributed by atoms with van der Waals surface area (Å²) in [5.74, 6) is 2.45. The fourth-order valence-corrected chi connectivity index (χ4v) is 2.93. The first-order chi connectivity index (χ1) is 12.4. The second kappa shape index (κ2) is 7.49. The molecule has 0 aliphatic carbocycles. The number of hydrogen-bond acceptors (Lipinski definition) is 5. The average molecular weight is 336 g/mol. The smallest absolute Gasteiger partial charge is 0.231 e. The van der Waals surface area contributed by atoms with Crippen molar-refractivity contribution in [1.29, 1.82) is 0 Å². The van der Waals surface area contributed by atoms with Gasteiger partial charge in [-0.2, -0.15) is 4.98 Å². The summed E-state index contributed by atoms with van der Waals surface area (Å²) in [4.78, 5) is 4.53. The quantitative estimate of drug-likeness (QED) is 0.686. The molecular formula is C20H20N2O3. The Labute approximate surface area is 146 Å². The van der Waals surface area contributed by atoms with Crippen LogP contribution in [0.25, 0.3) is 0 Å². The summed E-state index contributed by atoms with van der Waals surface area (Å²) in [6.07, 6.45) is 1.52. The van der Waals surface area contributed by atoms with Gasteiger partial charge < -0.3 is 14.0 Å². The topological polar surface area (TPSA) is 57.4 Å². The highest BCUT2D eigenvalue weighted by atomic mass is 16.5. The SMILES string of the molecule is c1ccc(COc2ccccc2Cc2nc([C@H]3CCOC3)no2)cc1. The van der Waals surface area contributed by atoms with Gasteiger partial charge >= 0.3 is 0 Å². The molecule has 0 N–H and O–H groups in total. The molecule has 0 bridgehead atoms. The van der Waals surface area contributed by atoms with Crippen molar-refractivity contribution in [2.24, 2.45) is 0 Å². The normalized spacial score (nSPS) is 16.9. The van der Waals surface area contributed by atoms with Gasteiger partial charge in [0.15, 0.2) is 5.82 Å². The van der Waals surface area contributed by atoms with Gasteiger partial charge in [0.2, 0.25) is 5.89 Å². The summed E-state index contributed by atoms with van der Waals surface area (Å²) in [6.45, 7) is 1.98. The Balaban J connectivity index is 1.45. The highest BCUT2D eigenvalue weighted by Crippen LogP contribution is 2.25. The van der Waals surface area contributed by atoms with Gasteiger partial charge in [-0.05, 0) is 18.1 Å². The number of nitrogens with zero attached hydrogens (tertiary/aromatic N) is 2. The van der Waals surface area contributed by atoms with E-state index in [0.717, 1.165) is 35.7 Å². The standard InChI is InChI=1S/C20H20N2O3/c1-2-6-15(7-3-1)13-24-18-9-5-4-8-16(18)12-19-21-20(22-25-19)17-10-11-23-14-17/h1-9,17H,10-14H2/t17-/m0/s1. The van der Waals surface area contributed by atoms with Crippen LogP contribution in [0.4, 0.5) is 0 Å². The van der Waals surface area contributed by atoms with Gasteiger partial charge in [-0.15, -0.1) is 0 Å². The first kappa shape index (κ1) is 15.8. The molecule has 2 aromatic carbocycles. The lowest BCUT2D eigenvalue weighted by Gasteiger charge is -2.10. The molecule has 1 saturated heterocycles. The van der Waals surface area contributed by atoms with Gasteiger partial charge in [-0.1, -0.05) is 53.7 Å². The first-order valence-electron chi connectivity index (χ1n) is 8.53. The molecule has 25 heavy (non-hydrogen) atoms. The molecule has 2 heterocycles. The van der Waals surface area contributed by atoms with Crippen LogP contribution in [-0.2, 0) is 17.8 Å². The summed E-state index contributed by atoms with van der Waals surface area (Å²) in [5, 5.41) is 4.11. The maximum absolute atomic E-state index is 5.99. The maximum Gasteiger partial charge on any atom is 0.231 e. The number of benzene rings is 2. The Hall–Kier alpha value is -2.66. The summed E-state index contributed by atoms with van der Waals surface area (Å²) < 4.78 is 16.8. The van der Waals surface area contributed by atoms with Gasteiger partial charge in [-0.25, -0.2) is 0 Å². The number of rotatable bonds is 6. The molecule has 1 aromatic heterocycles. The van der Waals surface area contributed by atoms with E-state index in [1.165, 1.54) is 0 Å². The molecule has 4 rings (SSSR count). The van der Waals surface area contributed by atoms with Crippen molar-refractivity contribution in [2.75, 3.05) is 13.2 Å². The summed E-state index contributed by atoms with van der Waals surface area (Å²) >= 11 is 0. The van der Waals surface area contributed by atoms with Crippen molar-refractivity contribution in [3.8, 4) is 5.75 Å². The van der Waals surface area contributed by atoms with Crippen LogP contribution in [0.2, 0.25) is 0 Å². The number of hydrogen-bond donors (Lipinski definition) is 0. The zero-order chi connectivity index (χ0) is 16.9. The lowest BCUT2D eigenvalue weighted by Crippen LogP contribution is -2.01. The summed E-state index contributed by atoms with van der Waals surface area (Å²) in [5.41, 5.74) is 2.18. The summed E-state index contributed by atoms with van der Waals surface area (Å²) in [7, 11) is 0. The van der Waals surface area contributed by atoms with Crippen molar-refractivity contribution in [1.82, 2.24) is 10.1 Å². The zero-order valence-corrected chi connectivity index (χ0v) is 13.9. The summed E-state index contributed by atoms with van der Waals surface area (Å²) in [6, 6.07) is 18.1. The van der Waals surface area contributed by atoms with Gasteiger partial charge in [0, 0.05) is 18.1 Å². The second-order valence-corrected chi connectivity index (χ2v) is 6.17. The van der Waals surface area contributed by atoms with E-state index in [4.69, 9.17) is 14.0 Å².